The van der Waals surface area contributed by atoms with Gasteiger partial charge in [-0.1, -0.05) is 205 Å². The highest BCUT2D eigenvalue weighted by atomic mass is 31.2. The molecule has 332 valence electrons. The summed E-state index contributed by atoms with van der Waals surface area (Å²) in [6, 6.07) is -0.858. The van der Waals surface area contributed by atoms with E-state index in [-0.39, 0.29) is 19.1 Å². The summed E-state index contributed by atoms with van der Waals surface area (Å²) in [7, 11) is 1.56. The lowest BCUT2D eigenvalue weighted by Gasteiger charge is -2.25. The van der Waals surface area contributed by atoms with E-state index in [0.717, 1.165) is 38.5 Å². The highest BCUT2D eigenvalue weighted by Crippen LogP contribution is 2.43. The average molecular weight is 814 g/mol. The molecule has 0 aromatic rings. The van der Waals surface area contributed by atoms with Gasteiger partial charge in [0.05, 0.1) is 39.9 Å². The van der Waals surface area contributed by atoms with E-state index in [4.69, 9.17) is 9.05 Å². The van der Waals surface area contributed by atoms with Crippen LogP contribution < -0.4 is 5.32 Å². The summed E-state index contributed by atoms with van der Waals surface area (Å²) in [6.45, 7) is 4.80. The second-order valence-electron chi connectivity index (χ2n) is 17.5. The molecule has 0 aromatic carbocycles. The van der Waals surface area contributed by atoms with Crippen LogP contribution in [-0.2, 0) is 18.4 Å². The number of phosphoric ester groups is 1. The molecule has 0 saturated heterocycles. The number of allylic oxidation sites excluding steroid dienone is 3. The zero-order valence-electron chi connectivity index (χ0n) is 37.6. The Morgan fingerprint density at radius 2 is 0.982 bits per heavy atom. The van der Waals surface area contributed by atoms with Crippen LogP contribution in [0.3, 0.4) is 0 Å². The molecule has 1 amide bonds. The molecule has 3 N–H and O–H groups in total. The van der Waals surface area contributed by atoms with Gasteiger partial charge in [0.15, 0.2) is 0 Å². The van der Waals surface area contributed by atoms with Crippen LogP contribution >= 0.6 is 7.82 Å². The van der Waals surface area contributed by atoms with Crippen molar-refractivity contribution in [2.24, 2.45) is 0 Å². The van der Waals surface area contributed by atoms with Crippen molar-refractivity contribution in [1.82, 2.24) is 5.32 Å². The van der Waals surface area contributed by atoms with E-state index in [1.807, 2.05) is 27.2 Å². The molecule has 0 fully saturated rings. The number of nitrogens with zero attached hydrogens (tertiary/aromatic N) is 1. The number of aliphatic hydroxyl groups is 1. The molecule has 0 radical (unpaired) electrons. The summed E-state index contributed by atoms with van der Waals surface area (Å²) in [4.78, 5) is 23.1. The van der Waals surface area contributed by atoms with Gasteiger partial charge in [0, 0.05) is 6.42 Å². The molecule has 0 aliphatic heterocycles. The van der Waals surface area contributed by atoms with Crippen LogP contribution in [0.5, 0.6) is 0 Å². The van der Waals surface area contributed by atoms with Gasteiger partial charge >= 0.3 is 7.82 Å². The molecule has 3 atom stereocenters. The van der Waals surface area contributed by atoms with Crippen LogP contribution in [0.2, 0.25) is 0 Å². The lowest BCUT2D eigenvalue weighted by Crippen LogP contribution is -2.45. The predicted molar refractivity (Wildman–Crippen MR) is 240 cm³/mol. The molecule has 0 spiro atoms. The van der Waals surface area contributed by atoms with E-state index in [1.165, 1.54) is 161 Å². The van der Waals surface area contributed by atoms with Gasteiger partial charge in [-0.15, -0.1) is 0 Å². The van der Waals surface area contributed by atoms with Gasteiger partial charge in [-0.05, 0) is 32.1 Å². The molecule has 0 heterocycles. The standard InChI is InChI=1S/C47H93N2O6P/c1-6-8-10-12-14-16-18-20-22-23-24-25-26-27-29-31-33-35-37-39-41-47(51)48-45(44-55-56(52,53)54-43-42-49(3,4)5)46(50)40-38-36-34-32-30-28-21-19-17-15-13-11-9-7-2/h30,32,38,40,45-46,50H,6-29,31,33-37,39,41-44H2,1-5H3,(H-,48,51,52,53)/p+1/b32-30+,40-38+. The minimum atomic E-state index is -4.34. The molecule has 0 aliphatic carbocycles. The lowest BCUT2D eigenvalue weighted by molar-refractivity contribution is -0.870. The first kappa shape index (κ1) is 55.0. The van der Waals surface area contributed by atoms with Crippen molar-refractivity contribution in [1.29, 1.82) is 0 Å². The van der Waals surface area contributed by atoms with Crippen molar-refractivity contribution >= 4 is 13.7 Å². The van der Waals surface area contributed by atoms with Gasteiger partial charge in [-0.2, -0.15) is 0 Å². The van der Waals surface area contributed by atoms with Gasteiger partial charge in [0.25, 0.3) is 0 Å². The maximum absolute atomic E-state index is 12.9. The first-order valence-corrected chi connectivity index (χ1v) is 25.2. The molecule has 0 saturated carbocycles. The molecule has 0 aliphatic rings. The largest absolute Gasteiger partial charge is 0.472 e. The van der Waals surface area contributed by atoms with Gasteiger partial charge < -0.3 is 19.8 Å². The van der Waals surface area contributed by atoms with Gasteiger partial charge in [-0.25, -0.2) is 4.57 Å². The lowest BCUT2D eigenvalue weighted by atomic mass is 10.0. The summed E-state index contributed by atoms with van der Waals surface area (Å²) < 4.78 is 23.6. The fourth-order valence-corrected chi connectivity index (χ4v) is 7.62. The second-order valence-corrected chi connectivity index (χ2v) is 18.9. The maximum Gasteiger partial charge on any atom is 0.472 e. The highest BCUT2D eigenvalue weighted by Gasteiger charge is 2.27. The van der Waals surface area contributed by atoms with Gasteiger partial charge in [-0.3, -0.25) is 13.8 Å². The summed E-state index contributed by atoms with van der Waals surface area (Å²) in [5, 5.41) is 13.8. The molecule has 56 heavy (non-hydrogen) atoms. The smallest absolute Gasteiger partial charge is 0.387 e. The Balaban J connectivity index is 4.34. The Labute approximate surface area is 347 Å². The Morgan fingerprint density at radius 1 is 0.589 bits per heavy atom. The molecule has 0 aromatic heterocycles. The molecular formula is C47H94N2O6P+. The first-order valence-electron chi connectivity index (χ1n) is 23.7. The predicted octanol–water partition coefficient (Wildman–Crippen LogP) is 13.3. The Bertz CT molecular complexity index is 969. The number of quaternary nitrogens is 1. The number of hydrogen-bond acceptors (Lipinski definition) is 5. The van der Waals surface area contributed by atoms with Crippen molar-refractivity contribution in [2.75, 3.05) is 40.9 Å². The quantitative estimate of drug-likeness (QED) is 0.0245. The number of phosphoric acid groups is 1. The van der Waals surface area contributed by atoms with Crippen molar-refractivity contribution in [3.05, 3.63) is 24.3 Å². The van der Waals surface area contributed by atoms with Crippen LogP contribution in [0.4, 0.5) is 0 Å². The van der Waals surface area contributed by atoms with Crippen molar-refractivity contribution < 1.29 is 32.9 Å². The monoisotopic (exact) mass is 814 g/mol. The molecule has 8 nitrogen and oxygen atoms in total. The van der Waals surface area contributed by atoms with Crippen molar-refractivity contribution in [3.8, 4) is 0 Å². The average Bonchev–Trinajstić information content (AvgIpc) is 3.15. The molecule has 0 rings (SSSR count). The Morgan fingerprint density at radius 3 is 1.43 bits per heavy atom. The molecular weight excluding hydrogens is 719 g/mol. The summed E-state index contributed by atoms with van der Waals surface area (Å²) in [5.41, 5.74) is 0. The van der Waals surface area contributed by atoms with E-state index >= 15 is 0 Å². The second kappa shape index (κ2) is 39.4. The topological polar surface area (TPSA) is 105 Å². The third-order valence-corrected chi connectivity index (χ3v) is 11.7. The number of hydrogen-bond donors (Lipinski definition) is 3. The normalized spacial score (nSPS) is 14.5. The third kappa shape index (κ3) is 41.2. The third-order valence-electron chi connectivity index (χ3n) is 10.7. The van der Waals surface area contributed by atoms with E-state index in [1.54, 1.807) is 6.08 Å². The fourth-order valence-electron chi connectivity index (χ4n) is 6.88. The Hall–Kier alpha value is -1.02. The van der Waals surface area contributed by atoms with E-state index in [9.17, 15) is 19.4 Å². The number of unbranched alkanes of at least 4 members (excludes halogenated alkanes) is 28. The zero-order chi connectivity index (χ0) is 41.4. The SMILES string of the molecule is CCCCCCCCCC/C=C/CC/C=C/C(O)C(COP(=O)(O)OCC[N+](C)(C)C)NC(=O)CCCCCCCCCCCCCCCCCCCCCC. The van der Waals surface area contributed by atoms with E-state index in [2.05, 4.69) is 31.3 Å². The van der Waals surface area contributed by atoms with Crippen molar-refractivity contribution in [3.63, 3.8) is 0 Å². The summed E-state index contributed by atoms with van der Waals surface area (Å²) in [6.07, 6.45) is 46.8. The number of amides is 1. The summed E-state index contributed by atoms with van der Waals surface area (Å²) in [5.74, 6) is -0.184. The minimum absolute atomic E-state index is 0.0583. The number of carbonyl (C=O) groups excluding carboxylic acids is 1. The maximum atomic E-state index is 12.9. The van der Waals surface area contributed by atoms with Gasteiger partial charge in [0.2, 0.25) is 5.91 Å². The number of carbonyl (C=O) groups is 1. The van der Waals surface area contributed by atoms with E-state index in [0.29, 0.717) is 17.4 Å². The Kier molecular flexibility index (Phi) is 38.7. The van der Waals surface area contributed by atoms with Crippen LogP contribution in [-0.4, -0.2) is 73.4 Å². The fraction of sp³-hybridized carbons (Fsp3) is 0.894. The number of aliphatic hydroxyl groups excluding tert-OH is 1. The van der Waals surface area contributed by atoms with Crippen LogP contribution in [0.1, 0.15) is 219 Å². The van der Waals surface area contributed by atoms with Crippen LogP contribution in [0.15, 0.2) is 24.3 Å². The number of nitrogens with one attached hydrogen (secondary N) is 1. The van der Waals surface area contributed by atoms with Crippen molar-refractivity contribution in [2.45, 2.75) is 231 Å². The number of likely N-dealkylation sites (N-methyl/N-ethyl adjacent to an activating group) is 1. The molecule has 3 unspecified atom stereocenters. The molecule has 9 heteroatoms. The minimum Gasteiger partial charge on any atom is -0.387 e. The first-order chi connectivity index (χ1) is 27.0. The molecule has 0 bridgehead atoms. The zero-order valence-corrected chi connectivity index (χ0v) is 38.5. The van der Waals surface area contributed by atoms with Gasteiger partial charge in [0.1, 0.15) is 13.2 Å². The van der Waals surface area contributed by atoms with Crippen LogP contribution in [0.25, 0.3) is 0 Å². The highest BCUT2D eigenvalue weighted by molar-refractivity contribution is 7.47. The number of rotatable bonds is 43. The summed E-state index contributed by atoms with van der Waals surface area (Å²) >= 11 is 0. The van der Waals surface area contributed by atoms with E-state index < -0.39 is 20.0 Å². The van der Waals surface area contributed by atoms with Crippen LogP contribution in [0, 0.1) is 0 Å².